The number of ether oxygens (including phenoxy) is 2. The minimum Gasteiger partial charge on any atom is -0.510 e. The van der Waals surface area contributed by atoms with Crippen LogP contribution in [0, 0.1) is 18.8 Å². The summed E-state index contributed by atoms with van der Waals surface area (Å²) in [5, 5.41) is 39.6. The number of fused-ring (bicyclic) bond motifs is 3. The molecule has 3 aliphatic carbocycles. The fourth-order valence-electron chi connectivity index (χ4n) is 8.53. The smallest absolute Gasteiger partial charge is 0.151 e. The first-order valence-electron chi connectivity index (χ1n) is 17.4. The molecule has 5 atom stereocenters. The molecule has 0 fully saturated rings. The Hall–Kier alpha value is -3.56. The van der Waals surface area contributed by atoms with Crippen molar-refractivity contribution in [2.45, 2.75) is 77.0 Å². The van der Waals surface area contributed by atoms with E-state index in [9.17, 15) is 15.3 Å². The Morgan fingerprint density at radius 2 is 1.85 bits per heavy atom. The molecule has 8 heteroatoms. The topological polar surface area (TPSA) is 120 Å². The molecule has 0 aliphatic heterocycles. The molecule has 0 heterocycles. The quantitative estimate of drug-likeness (QED) is 0.153. The number of benzene rings is 2. The zero-order valence-corrected chi connectivity index (χ0v) is 29.7. The molecule has 5 rings (SSSR count). The Kier molecular flexibility index (Phi) is 10.8. The molecule has 1 unspecified atom stereocenters. The van der Waals surface area contributed by atoms with Crippen molar-refractivity contribution >= 4 is 0 Å². The number of aryl methyl sites for hydroxylation is 1. The Morgan fingerprint density at radius 1 is 1.12 bits per heavy atom. The van der Waals surface area contributed by atoms with Gasteiger partial charge in [0, 0.05) is 48.4 Å². The number of hydrogen-bond acceptors (Lipinski definition) is 8. The van der Waals surface area contributed by atoms with Crippen LogP contribution in [0.2, 0.25) is 0 Å². The summed E-state index contributed by atoms with van der Waals surface area (Å²) in [5.74, 6) is 0.0115. The van der Waals surface area contributed by atoms with Crippen molar-refractivity contribution in [2.24, 2.45) is 17.6 Å². The molecular formula is C40H55N3O5. The van der Waals surface area contributed by atoms with E-state index in [1.54, 1.807) is 7.11 Å². The van der Waals surface area contributed by atoms with E-state index < -0.39 is 17.6 Å². The van der Waals surface area contributed by atoms with Crippen LogP contribution in [0.5, 0.6) is 5.75 Å². The van der Waals surface area contributed by atoms with E-state index in [1.165, 1.54) is 11.1 Å². The van der Waals surface area contributed by atoms with Crippen LogP contribution in [0.3, 0.4) is 0 Å². The highest BCUT2D eigenvalue weighted by Gasteiger charge is 2.59. The zero-order chi connectivity index (χ0) is 34.9. The highest BCUT2D eigenvalue weighted by Crippen LogP contribution is 2.58. The average Bonchev–Trinajstić information content (AvgIpc) is 3.03. The fraction of sp³-hybridized carbons (Fsp3) is 0.500. The van der Waals surface area contributed by atoms with Crippen LogP contribution in [-0.4, -0.2) is 72.8 Å². The number of nitrogens with zero attached hydrogens (tertiary/aromatic N) is 1. The summed E-state index contributed by atoms with van der Waals surface area (Å²) < 4.78 is 11.6. The number of allylic oxidation sites excluding steroid dienone is 2. The van der Waals surface area contributed by atoms with Gasteiger partial charge in [-0.05, 0) is 110 Å². The first kappa shape index (κ1) is 35.7. The monoisotopic (exact) mass is 657 g/mol. The minimum atomic E-state index is -1.78. The maximum Gasteiger partial charge on any atom is 0.151 e. The lowest BCUT2D eigenvalue weighted by atomic mass is 9.56. The number of unbranched alkanes of at least 4 members (excludes halogenated alkanes) is 1. The van der Waals surface area contributed by atoms with Gasteiger partial charge in [0.1, 0.15) is 17.3 Å². The van der Waals surface area contributed by atoms with Crippen molar-refractivity contribution in [1.82, 2.24) is 10.2 Å². The van der Waals surface area contributed by atoms with Crippen LogP contribution >= 0.6 is 0 Å². The Bertz CT molecular complexity index is 1620. The maximum atomic E-state index is 12.4. The molecule has 0 spiro atoms. The third kappa shape index (κ3) is 6.20. The van der Waals surface area contributed by atoms with Gasteiger partial charge in [-0.15, -0.1) is 0 Å². The van der Waals surface area contributed by atoms with Crippen LogP contribution in [-0.2, 0) is 17.7 Å². The third-order valence-corrected chi connectivity index (χ3v) is 10.8. The number of nitrogens with one attached hydrogen (secondary N) is 1. The highest BCUT2D eigenvalue weighted by molar-refractivity contribution is 5.77. The molecule has 0 amide bonds. The average molecular weight is 658 g/mol. The number of rotatable bonds is 13. The van der Waals surface area contributed by atoms with Crippen LogP contribution in [0.1, 0.15) is 67.7 Å². The molecular weight excluding hydrogens is 602 g/mol. The van der Waals surface area contributed by atoms with Gasteiger partial charge in [0.25, 0.3) is 0 Å². The van der Waals surface area contributed by atoms with Crippen molar-refractivity contribution in [1.29, 1.82) is 0 Å². The number of aliphatic hydroxyl groups excluding tert-OH is 2. The van der Waals surface area contributed by atoms with E-state index in [0.29, 0.717) is 12.8 Å². The van der Waals surface area contributed by atoms with Crippen molar-refractivity contribution < 1.29 is 24.8 Å². The van der Waals surface area contributed by atoms with Gasteiger partial charge in [0.15, 0.2) is 5.60 Å². The molecule has 0 aromatic heterocycles. The SMILES string of the molecule is C=C(N)C1=C(O)[C@@H](N(C)C)[C@@H]2C[C@@H]3Cc4c(-c5cc(CNCCCOCCCC)ccc5OC)ccc(C)c4C(C)C3=C(O)[C@]2(O)C1=C. The first-order chi connectivity index (χ1) is 22.9. The van der Waals surface area contributed by atoms with Gasteiger partial charge in [-0.2, -0.15) is 0 Å². The van der Waals surface area contributed by atoms with Crippen molar-refractivity contribution in [3.8, 4) is 16.9 Å². The lowest BCUT2D eigenvalue weighted by Crippen LogP contribution is -2.59. The second-order valence-electron chi connectivity index (χ2n) is 14.1. The molecule has 0 radical (unpaired) electrons. The molecule has 8 nitrogen and oxygen atoms in total. The van der Waals surface area contributed by atoms with Crippen LogP contribution in [0.25, 0.3) is 11.1 Å². The molecule has 6 N–H and O–H groups in total. The maximum absolute atomic E-state index is 12.4. The Balaban J connectivity index is 1.51. The summed E-state index contributed by atoms with van der Waals surface area (Å²) >= 11 is 0. The van der Waals surface area contributed by atoms with E-state index in [4.69, 9.17) is 15.2 Å². The normalized spacial score (nSPS) is 25.2. The van der Waals surface area contributed by atoms with Gasteiger partial charge in [-0.1, -0.05) is 51.6 Å². The summed E-state index contributed by atoms with van der Waals surface area (Å²) in [6.45, 7) is 17.6. The second-order valence-corrected chi connectivity index (χ2v) is 14.1. The van der Waals surface area contributed by atoms with Gasteiger partial charge in [-0.25, -0.2) is 0 Å². The molecule has 48 heavy (non-hydrogen) atoms. The number of methoxy groups -OCH3 is 1. The van der Waals surface area contributed by atoms with Gasteiger partial charge in [0.05, 0.1) is 13.2 Å². The fourth-order valence-corrected chi connectivity index (χ4v) is 8.53. The van der Waals surface area contributed by atoms with Gasteiger partial charge in [-0.3, -0.25) is 4.90 Å². The van der Waals surface area contributed by atoms with Crippen LogP contribution < -0.4 is 15.8 Å². The van der Waals surface area contributed by atoms with E-state index >= 15 is 0 Å². The summed E-state index contributed by atoms with van der Waals surface area (Å²) in [4.78, 5) is 1.87. The number of aliphatic hydroxyl groups is 3. The third-order valence-electron chi connectivity index (χ3n) is 10.8. The lowest BCUT2D eigenvalue weighted by Gasteiger charge is -2.54. The Morgan fingerprint density at radius 3 is 2.52 bits per heavy atom. The molecule has 0 bridgehead atoms. The molecule has 3 aliphatic rings. The largest absolute Gasteiger partial charge is 0.510 e. The van der Waals surface area contributed by atoms with Gasteiger partial charge >= 0.3 is 0 Å². The lowest BCUT2D eigenvalue weighted by molar-refractivity contribution is -0.0478. The number of nitrogens with two attached hydrogens (primary N) is 1. The summed E-state index contributed by atoms with van der Waals surface area (Å²) in [6.07, 6.45) is 4.44. The molecule has 260 valence electrons. The van der Waals surface area contributed by atoms with Crippen LogP contribution in [0.15, 0.2) is 77.4 Å². The summed E-state index contributed by atoms with van der Waals surface area (Å²) in [7, 11) is 5.43. The van der Waals surface area contributed by atoms with E-state index in [-0.39, 0.29) is 40.2 Å². The van der Waals surface area contributed by atoms with Crippen molar-refractivity contribution in [2.75, 3.05) is 41.0 Å². The minimum absolute atomic E-state index is 0.0309. The predicted molar refractivity (Wildman–Crippen MR) is 193 cm³/mol. The first-order valence-corrected chi connectivity index (χ1v) is 17.4. The summed E-state index contributed by atoms with van der Waals surface area (Å²) in [6, 6.07) is 10.1. The molecule has 0 saturated heterocycles. The van der Waals surface area contributed by atoms with Crippen molar-refractivity contribution in [3.05, 3.63) is 99.7 Å². The number of hydrogen-bond donors (Lipinski definition) is 5. The second kappa shape index (κ2) is 14.5. The Labute approximate surface area is 286 Å². The number of likely N-dealkylation sites (N-methyl/N-ethyl adjacent to an activating group) is 1. The molecule has 0 saturated carbocycles. The van der Waals surface area contributed by atoms with Crippen molar-refractivity contribution in [3.63, 3.8) is 0 Å². The van der Waals surface area contributed by atoms with Gasteiger partial charge in [0.2, 0.25) is 0 Å². The standard InChI is InChI=1S/C40H55N3O5/c1-9-10-17-48-18-11-16-42-22-27-13-15-33(47-8)30(19-27)29-14-12-23(2)34-24(3)35-28(20-31(29)34)21-32-37(43(6)7)38(44)36(26(5)41)25(4)40(32,46)39(35)45/h12-15,19,24,28,32,37,42,44-46H,4-5,9-11,16-18,20-22,41H2,1-3,6-8H3/t24?,28-,32-,37-,40-/m0/s1. The highest BCUT2D eigenvalue weighted by atomic mass is 16.5. The van der Waals surface area contributed by atoms with Crippen LogP contribution in [0.4, 0.5) is 0 Å². The predicted octanol–water partition coefficient (Wildman–Crippen LogP) is 6.59. The molecule has 2 aromatic carbocycles. The molecule has 2 aromatic rings. The van der Waals surface area contributed by atoms with E-state index in [2.05, 4.69) is 63.5 Å². The van der Waals surface area contributed by atoms with Gasteiger partial charge < -0.3 is 35.8 Å². The van der Waals surface area contributed by atoms with E-state index in [0.717, 1.165) is 79.1 Å². The zero-order valence-electron chi connectivity index (χ0n) is 29.7. The summed E-state index contributed by atoms with van der Waals surface area (Å²) in [5.41, 5.74) is 12.6. The van der Waals surface area contributed by atoms with E-state index in [1.807, 2.05) is 25.1 Å².